The predicted octanol–water partition coefficient (Wildman–Crippen LogP) is 0.458. The van der Waals surface area contributed by atoms with Crippen molar-refractivity contribution in [3.63, 3.8) is 0 Å². The highest BCUT2D eigenvalue weighted by Gasteiger charge is 2.42. The van der Waals surface area contributed by atoms with E-state index in [1.807, 2.05) is 0 Å². The second-order valence-electron chi connectivity index (χ2n) is 4.33. The van der Waals surface area contributed by atoms with Gasteiger partial charge in [0, 0.05) is 12.8 Å². The van der Waals surface area contributed by atoms with E-state index in [1.165, 1.54) is 0 Å². The molecule has 3 heteroatoms. The van der Waals surface area contributed by atoms with Crippen molar-refractivity contribution in [2.75, 3.05) is 20.6 Å². The minimum Gasteiger partial charge on any atom is -0.456 e. The van der Waals surface area contributed by atoms with Crippen LogP contribution in [0.1, 0.15) is 12.8 Å². The molecule has 0 saturated carbocycles. The Hall–Kier alpha value is -0.540. The van der Waals surface area contributed by atoms with Crippen LogP contribution in [0.3, 0.4) is 0 Å². The van der Waals surface area contributed by atoms with E-state index in [1.54, 1.807) is 6.26 Å². The van der Waals surface area contributed by atoms with Gasteiger partial charge in [-0.25, -0.2) is 0 Å². The Balaban J connectivity index is 2.09. The van der Waals surface area contributed by atoms with Crippen molar-refractivity contribution >= 4 is 0 Å². The smallest absolute Gasteiger partial charge is 0.196 e. The van der Waals surface area contributed by atoms with Crippen LogP contribution >= 0.6 is 0 Å². The Bertz CT molecular complexity index is 223. The minimum atomic E-state index is -0.133. The Kier molecular flexibility index (Phi) is 1.66. The van der Waals surface area contributed by atoms with Crippen molar-refractivity contribution in [2.24, 2.45) is 0 Å². The minimum absolute atomic E-state index is 0.133. The summed E-state index contributed by atoms with van der Waals surface area (Å²) in [4.78, 5) is 0. The lowest BCUT2D eigenvalue weighted by Crippen LogP contribution is -2.54. The van der Waals surface area contributed by atoms with E-state index in [-0.39, 0.29) is 6.10 Å². The first-order valence-corrected chi connectivity index (χ1v) is 4.47. The van der Waals surface area contributed by atoms with Crippen molar-refractivity contribution in [2.45, 2.75) is 25.0 Å². The molecule has 0 spiro atoms. The molecule has 1 saturated heterocycles. The molecule has 0 aromatic rings. The number of nitrogens with zero attached hydrogens (tertiary/aromatic N) is 1. The number of likely N-dealkylation sites (N-methyl/N-ethyl adjacent to an activating group) is 1. The molecule has 2 rings (SSSR count). The largest absolute Gasteiger partial charge is 0.456 e. The van der Waals surface area contributed by atoms with E-state index in [0.717, 1.165) is 29.6 Å². The van der Waals surface area contributed by atoms with E-state index >= 15 is 0 Å². The number of likely N-dealkylation sites (tertiary alicyclic amines) is 1. The molecule has 2 heterocycles. The average Bonchev–Trinajstić information content (AvgIpc) is 2.77. The van der Waals surface area contributed by atoms with Crippen LogP contribution in [0.15, 0.2) is 12.0 Å². The molecule has 0 radical (unpaired) electrons. The monoisotopic (exact) mass is 170 g/mol. The topological polar surface area (TPSA) is 32.8 Å². The third-order valence-electron chi connectivity index (χ3n) is 2.96. The summed E-state index contributed by atoms with van der Waals surface area (Å²) in [6, 6.07) is 0.383. The van der Waals surface area contributed by atoms with Gasteiger partial charge in [-0.1, -0.05) is 0 Å². The Morgan fingerprint density at radius 3 is 2.83 bits per heavy atom. The Labute approximate surface area is 72.8 Å². The molecule has 2 aliphatic rings. The molecule has 1 N–H and O–H groups in total. The standard InChI is InChI=1S/C9H16NO2/c1-10(2)4-3-7(11)5-8(10)9-6-12-9/h6-8,11H,3-5H2,1-2H3/q+1. The van der Waals surface area contributed by atoms with Crippen LogP contribution in [0.25, 0.3) is 0 Å². The molecule has 2 aliphatic heterocycles. The van der Waals surface area contributed by atoms with Crippen LogP contribution in [0, 0.1) is 0 Å². The predicted molar refractivity (Wildman–Crippen MR) is 45.2 cm³/mol. The number of quaternary nitrogens is 1. The molecule has 68 valence electrons. The fourth-order valence-corrected chi connectivity index (χ4v) is 1.95. The molecule has 0 amide bonds. The van der Waals surface area contributed by atoms with Gasteiger partial charge in [0.05, 0.1) is 26.7 Å². The summed E-state index contributed by atoms with van der Waals surface area (Å²) in [5, 5.41) is 9.50. The molecule has 0 aliphatic carbocycles. The average molecular weight is 170 g/mol. The second-order valence-corrected chi connectivity index (χ2v) is 4.33. The second kappa shape index (κ2) is 2.47. The highest BCUT2D eigenvalue weighted by atomic mass is 16.5. The number of piperidine rings is 1. The number of hydrogen-bond acceptors (Lipinski definition) is 2. The van der Waals surface area contributed by atoms with Gasteiger partial charge in [-0.15, -0.1) is 0 Å². The van der Waals surface area contributed by atoms with Crippen molar-refractivity contribution < 1.29 is 14.3 Å². The molecule has 12 heavy (non-hydrogen) atoms. The van der Waals surface area contributed by atoms with Gasteiger partial charge in [-0.2, -0.15) is 0 Å². The van der Waals surface area contributed by atoms with Crippen LogP contribution in [-0.4, -0.2) is 42.4 Å². The maximum Gasteiger partial charge on any atom is 0.196 e. The van der Waals surface area contributed by atoms with Gasteiger partial charge >= 0.3 is 0 Å². The van der Waals surface area contributed by atoms with Crippen molar-refractivity contribution in [1.82, 2.24) is 0 Å². The van der Waals surface area contributed by atoms with E-state index in [9.17, 15) is 5.11 Å². The van der Waals surface area contributed by atoms with Crippen molar-refractivity contribution in [3.8, 4) is 0 Å². The molecule has 1 fully saturated rings. The van der Waals surface area contributed by atoms with E-state index in [0.29, 0.717) is 6.04 Å². The highest BCUT2D eigenvalue weighted by Crippen LogP contribution is 2.33. The zero-order valence-electron chi connectivity index (χ0n) is 7.66. The van der Waals surface area contributed by atoms with Crippen LogP contribution in [0.5, 0.6) is 0 Å². The van der Waals surface area contributed by atoms with Crippen LogP contribution < -0.4 is 0 Å². The van der Waals surface area contributed by atoms with Gasteiger partial charge in [-0.05, 0) is 0 Å². The van der Waals surface area contributed by atoms with E-state index < -0.39 is 0 Å². The molecule has 3 nitrogen and oxygen atoms in total. The van der Waals surface area contributed by atoms with Gasteiger partial charge in [0.2, 0.25) is 0 Å². The fourth-order valence-electron chi connectivity index (χ4n) is 1.95. The maximum absolute atomic E-state index is 9.50. The third-order valence-corrected chi connectivity index (χ3v) is 2.96. The molecule has 2 atom stereocenters. The lowest BCUT2D eigenvalue weighted by atomic mass is 9.97. The first kappa shape index (κ1) is 8.08. The molecule has 2 unspecified atom stereocenters. The van der Waals surface area contributed by atoms with Gasteiger partial charge in [0.15, 0.2) is 11.8 Å². The van der Waals surface area contributed by atoms with Crippen molar-refractivity contribution in [3.05, 3.63) is 12.0 Å². The highest BCUT2D eigenvalue weighted by molar-refractivity contribution is 5.10. The summed E-state index contributed by atoms with van der Waals surface area (Å²) in [6.45, 7) is 1.03. The fraction of sp³-hybridized carbons (Fsp3) is 0.778. The van der Waals surface area contributed by atoms with Gasteiger partial charge in [-0.3, -0.25) is 0 Å². The quantitative estimate of drug-likeness (QED) is 0.580. The molecule has 0 aromatic heterocycles. The lowest BCUT2D eigenvalue weighted by Gasteiger charge is -2.41. The summed E-state index contributed by atoms with van der Waals surface area (Å²) in [5.74, 6) is 1.07. The molecule has 0 bridgehead atoms. The van der Waals surface area contributed by atoms with Gasteiger partial charge in [0.1, 0.15) is 6.26 Å². The zero-order valence-corrected chi connectivity index (χ0v) is 7.66. The normalized spacial score (nSPS) is 38.4. The number of ether oxygens (including phenoxy) is 1. The third kappa shape index (κ3) is 1.34. The molecule has 0 aromatic carbocycles. The SMILES string of the molecule is C[N+]1(C)CCC(O)CC1C1=CO1. The number of aliphatic hydroxyl groups is 1. The van der Waals surface area contributed by atoms with Crippen molar-refractivity contribution in [1.29, 1.82) is 0 Å². The Morgan fingerprint density at radius 1 is 1.58 bits per heavy atom. The first-order chi connectivity index (χ1) is 5.59. The van der Waals surface area contributed by atoms with Crippen LogP contribution in [0.4, 0.5) is 0 Å². The summed E-state index contributed by atoms with van der Waals surface area (Å²) < 4.78 is 6.04. The first-order valence-electron chi connectivity index (χ1n) is 4.47. The number of hydrogen-bond donors (Lipinski definition) is 1. The summed E-state index contributed by atoms with van der Waals surface area (Å²) >= 11 is 0. The number of aliphatic hydroxyl groups excluding tert-OH is 1. The number of rotatable bonds is 1. The van der Waals surface area contributed by atoms with E-state index in [2.05, 4.69) is 14.1 Å². The van der Waals surface area contributed by atoms with Gasteiger partial charge < -0.3 is 14.3 Å². The van der Waals surface area contributed by atoms with Crippen LogP contribution in [0.2, 0.25) is 0 Å². The van der Waals surface area contributed by atoms with E-state index in [4.69, 9.17) is 4.74 Å². The zero-order chi connectivity index (χ0) is 8.77. The summed E-state index contributed by atoms with van der Waals surface area (Å²) in [7, 11) is 4.39. The molecular formula is C9H16NO2+. The maximum atomic E-state index is 9.50. The van der Waals surface area contributed by atoms with Crippen LogP contribution in [-0.2, 0) is 4.74 Å². The van der Waals surface area contributed by atoms with Gasteiger partial charge in [0.25, 0.3) is 0 Å². The summed E-state index contributed by atoms with van der Waals surface area (Å²) in [6.07, 6.45) is 3.42. The lowest BCUT2D eigenvalue weighted by molar-refractivity contribution is -0.916. The molecular weight excluding hydrogens is 154 g/mol. The Morgan fingerprint density at radius 2 is 2.25 bits per heavy atom. The summed E-state index contributed by atoms with van der Waals surface area (Å²) in [5.41, 5.74) is 0.